The van der Waals surface area contributed by atoms with Crippen molar-refractivity contribution in [2.75, 3.05) is 6.61 Å². The van der Waals surface area contributed by atoms with Crippen molar-refractivity contribution in [3.05, 3.63) is 95.7 Å². The Morgan fingerprint density at radius 1 is 0.844 bits per heavy atom. The number of nitrogens with zero attached hydrogens (tertiary/aromatic N) is 2. The molecule has 0 aliphatic heterocycles. The molecule has 7 heteroatoms. The maximum atomic E-state index is 12.3. The Kier molecular flexibility index (Phi) is 6.77. The van der Waals surface area contributed by atoms with Crippen molar-refractivity contribution in [1.82, 2.24) is 15.4 Å². The van der Waals surface area contributed by atoms with E-state index < -0.39 is 5.97 Å². The molecule has 0 amide bonds. The number of aromatic nitrogens is 3. The van der Waals surface area contributed by atoms with Crippen LogP contribution >= 0.6 is 0 Å². The van der Waals surface area contributed by atoms with Crippen molar-refractivity contribution in [2.45, 2.75) is 20.1 Å². The number of esters is 1. The fraction of sp³-hybridized carbons (Fsp3) is 0.160. The molecule has 32 heavy (non-hydrogen) atoms. The SMILES string of the molecule is CCOC(=O)c1n[nH]nc1-c1ccc(OCc2ccccc2)cc1OCc1ccccc1. The van der Waals surface area contributed by atoms with E-state index in [2.05, 4.69) is 15.4 Å². The fourth-order valence-electron chi connectivity index (χ4n) is 3.14. The van der Waals surface area contributed by atoms with Crippen molar-refractivity contribution in [3.63, 3.8) is 0 Å². The summed E-state index contributed by atoms with van der Waals surface area (Å²) >= 11 is 0. The summed E-state index contributed by atoms with van der Waals surface area (Å²) in [4.78, 5) is 12.3. The second-order valence-electron chi connectivity index (χ2n) is 6.95. The maximum Gasteiger partial charge on any atom is 0.361 e. The largest absolute Gasteiger partial charge is 0.489 e. The summed E-state index contributed by atoms with van der Waals surface area (Å²) in [6.45, 7) is 2.76. The molecule has 1 aromatic heterocycles. The Hall–Kier alpha value is -4.13. The van der Waals surface area contributed by atoms with E-state index in [1.807, 2.05) is 66.7 Å². The molecular formula is C25H23N3O4. The number of hydrogen-bond donors (Lipinski definition) is 1. The summed E-state index contributed by atoms with van der Waals surface area (Å²) in [5, 5.41) is 10.7. The molecule has 0 atom stereocenters. The number of H-pyrrole nitrogens is 1. The monoisotopic (exact) mass is 429 g/mol. The van der Waals surface area contributed by atoms with Crippen LogP contribution in [0.1, 0.15) is 28.5 Å². The standard InChI is InChI=1S/C25H23N3O4/c1-2-30-25(29)24-23(26-28-27-24)21-14-13-20(31-16-18-9-5-3-6-10-18)15-22(21)32-17-19-11-7-4-8-12-19/h3-15H,2,16-17H2,1H3,(H,26,27,28). The predicted octanol–water partition coefficient (Wildman–Crippen LogP) is 4.81. The Labute approximate surface area is 186 Å². The summed E-state index contributed by atoms with van der Waals surface area (Å²) in [6, 6.07) is 25.2. The molecule has 162 valence electrons. The van der Waals surface area contributed by atoms with Crippen molar-refractivity contribution < 1.29 is 19.0 Å². The minimum atomic E-state index is -0.547. The maximum absolute atomic E-state index is 12.3. The van der Waals surface area contributed by atoms with Crippen molar-refractivity contribution in [3.8, 4) is 22.8 Å². The van der Waals surface area contributed by atoms with Gasteiger partial charge in [0, 0.05) is 11.6 Å². The lowest BCUT2D eigenvalue weighted by Crippen LogP contribution is -2.07. The molecule has 4 aromatic rings. The zero-order valence-electron chi connectivity index (χ0n) is 17.7. The highest BCUT2D eigenvalue weighted by atomic mass is 16.5. The quantitative estimate of drug-likeness (QED) is 0.385. The summed E-state index contributed by atoms with van der Waals surface area (Å²) in [5.74, 6) is 0.621. The average Bonchev–Trinajstić information content (AvgIpc) is 3.33. The van der Waals surface area contributed by atoms with Crippen LogP contribution in [0.5, 0.6) is 11.5 Å². The number of hydrogen-bond acceptors (Lipinski definition) is 6. The third-order valence-electron chi connectivity index (χ3n) is 4.71. The van der Waals surface area contributed by atoms with Crippen LogP contribution in [0.2, 0.25) is 0 Å². The van der Waals surface area contributed by atoms with Crippen LogP contribution < -0.4 is 9.47 Å². The number of nitrogens with one attached hydrogen (secondary N) is 1. The van der Waals surface area contributed by atoms with E-state index in [9.17, 15) is 4.79 Å². The lowest BCUT2D eigenvalue weighted by atomic mass is 10.1. The molecule has 7 nitrogen and oxygen atoms in total. The fourth-order valence-corrected chi connectivity index (χ4v) is 3.14. The van der Waals surface area contributed by atoms with Crippen molar-refractivity contribution in [2.24, 2.45) is 0 Å². The first kappa shape index (κ1) is 21.1. The topological polar surface area (TPSA) is 86.3 Å². The van der Waals surface area contributed by atoms with Crippen LogP contribution in [0.15, 0.2) is 78.9 Å². The highest BCUT2D eigenvalue weighted by Crippen LogP contribution is 2.34. The average molecular weight is 429 g/mol. The van der Waals surface area contributed by atoms with Crippen LogP contribution in [0.25, 0.3) is 11.3 Å². The minimum absolute atomic E-state index is 0.106. The first-order valence-electron chi connectivity index (χ1n) is 10.3. The molecule has 0 unspecified atom stereocenters. The molecule has 0 spiro atoms. The molecule has 1 N–H and O–H groups in total. The van der Waals surface area contributed by atoms with Crippen LogP contribution in [0.4, 0.5) is 0 Å². The van der Waals surface area contributed by atoms with Gasteiger partial charge in [-0.05, 0) is 30.2 Å². The predicted molar refractivity (Wildman–Crippen MR) is 119 cm³/mol. The number of carbonyl (C=O) groups excluding carboxylic acids is 1. The zero-order valence-corrected chi connectivity index (χ0v) is 17.7. The molecule has 0 radical (unpaired) electrons. The van der Waals surface area contributed by atoms with E-state index >= 15 is 0 Å². The van der Waals surface area contributed by atoms with Gasteiger partial charge in [0.05, 0.1) is 6.61 Å². The second kappa shape index (κ2) is 10.3. The Balaban J connectivity index is 1.63. The molecule has 0 fully saturated rings. The molecule has 0 aliphatic carbocycles. The minimum Gasteiger partial charge on any atom is -0.489 e. The molecule has 0 bridgehead atoms. The molecule has 0 saturated carbocycles. The number of carbonyl (C=O) groups is 1. The van der Waals surface area contributed by atoms with Crippen molar-refractivity contribution in [1.29, 1.82) is 0 Å². The van der Waals surface area contributed by atoms with Crippen LogP contribution in [-0.2, 0) is 18.0 Å². The van der Waals surface area contributed by atoms with Crippen LogP contribution in [-0.4, -0.2) is 28.0 Å². The normalized spacial score (nSPS) is 10.5. The lowest BCUT2D eigenvalue weighted by Gasteiger charge is -2.14. The number of benzene rings is 3. The molecule has 3 aromatic carbocycles. The van der Waals surface area contributed by atoms with E-state index in [0.29, 0.717) is 36.0 Å². The third-order valence-corrected chi connectivity index (χ3v) is 4.71. The number of ether oxygens (including phenoxy) is 3. The van der Waals surface area contributed by atoms with Crippen molar-refractivity contribution >= 4 is 5.97 Å². The summed E-state index contributed by atoms with van der Waals surface area (Å²) in [5.41, 5.74) is 3.16. The molecule has 4 rings (SSSR count). The van der Waals surface area contributed by atoms with Gasteiger partial charge in [0.15, 0.2) is 5.69 Å². The van der Waals surface area contributed by atoms with Gasteiger partial charge < -0.3 is 14.2 Å². The van der Waals surface area contributed by atoms with Gasteiger partial charge >= 0.3 is 5.97 Å². The third kappa shape index (κ3) is 5.13. The Bertz CT molecular complexity index is 1160. The van der Waals surface area contributed by atoms with E-state index in [1.165, 1.54) is 0 Å². The number of aromatic amines is 1. The van der Waals surface area contributed by atoms with Crippen LogP contribution in [0, 0.1) is 0 Å². The first-order valence-corrected chi connectivity index (χ1v) is 10.3. The summed E-state index contributed by atoms with van der Waals surface area (Å²) in [7, 11) is 0. The molecule has 0 aliphatic rings. The van der Waals surface area contributed by atoms with Crippen LogP contribution in [0.3, 0.4) is 0 Å². The number of rotatable bonds is 9. The highest BCUT2D eigenvalue weighted by molar-refractivity contribution is 5.94. The summed E-state index contributed by atoms with van der Waals surface area (Å²) in [6.07, 6.45) is 0. The highest BCUT2D eigenvalue weighted by Gasteiger charge is 2.22. The van der Waals surface area contributed by atoms with Gasteiger partial charge in [-0.25, -0.2) is 4.79 Å². The van der Waals surface area contributed by atoms with E-state index in [0.717, 1.165) is 11.1 Å². The van der Waals surface area contributed by atoms with Gasteiger partial charge in [-0.2, -0.15) is 10.3 Å². The van der Waals surface area contributed by atoms with Gasteiger partial charge in [0.1, 0.15) is 30.4 Å². The van der Waals surface area contributed by atoms with Gasteiger partial charge in [-0.3, -0.25) is 0 Å². The van der Waals surface area contributed by atoms with E-state index in [-0.39, 0.29) is 12.3 Å². The van der Waals surface area contributed by atoms with Gasteiger partial charge in [0.25, 0.3) is 0 Å². The molecule has 0 saturated heterocycles. The van der Waals surface area contributed by atoms with E-state index in [1.54, 1.807) is 19.1 Å². The Morgan fingerprint density at radius 2 is 1.50 bits per heavy atom. The Morgan fingerprint density at radius 3 is 2.16 bits per heavy atom. The summed E-state index contributed by atoms with van der Waals surface area (Å²) < 4.78 is 17.2. The van der Waals surface area contributed by atoms with Gasteiger partial charge in [-0.15, -0.1) is 5.10 Å². The first-order chi connectivity index (χ1) is 15.7. The smallest absolute Gasteiger partial charge is 0.361 e. The molecule has 1 heterocycles. The molecular weight excluding hydrogens is 406 g/mol. The zero-order chi connectivity index (χ0) is 22.2. The lowest BCUT2D eigenvalue weighted by molar-refractivity contribution is 0.0520. The second-order valence-corrected chi connectivity index (χ2v) is 6.95. The van der Waals surface area contributed by atoms with E-state index in [4.69, 9.17) is 14.2 Å². The van der Waals surface area contributed by atoms with Gasteiger partial charge in [0.2, 0.25) is 0 Å². The van der Waals surface area contributed by atoms with Gasteiger partial charge in [-0.1, -0.05) is 60.7 Å².